The van der Waals surface area contributed by atoms with Gasteiger partial charge in [0.05, 0.1) is 5.60 Å². The third-order valence-electron chi connectivity index (χ3n) is 6.46. The molecule has 0 radical (unpaired) electrons. The number of ether oxygens (including phenoxy) is 1. The number of rotatable bonds is 4. The highest BCUT2D eigenvalue weighted by atomic mass is 16.5. The van der Waals surface area contributed by atoms with Gasteiger partial charge in [0.25, 0.3) is 5.91 Å². The van der Waals surface area contributed by atoms with E-state index in [2.05, 4.69) is 15.1 Å². The fraction of sp³-hybridized carbons (Fsp3) is 0.700. The van der Waals surface area contributed by atoms with Crippen LogP contribution in [-0.2, 0) is 18.2 Å². The van der Waals surface area contributed by atoms with Gasteiger partial charge >= 0.3 is 0 Å². The fourth-order valence-electron chi connectivity index (χ4n) is 4.59. The highest BCUT2D eigenvalue weighted by Gasteiger charge is 2.42. The van der Waals surface area contributed by atoms with E-state index in [1.54, 1.807) is 17.0 Å². The van der Waals surface area contributed by atoms with Gasteiger partial charge in [-0.2, -0.15) is 4.98 Å². The molecular formula is C20H27N5O3. The maximum absolute atomic E-state index is 12.7. The number of carbonyl (C=O) groups excluding carboxylic acids is 1. The molecule has 2 aromatic heterocycles. The first-order valence-corrected chi connectivity index (χ1v) is 10.3. The van der Waals surface area contributed by atoms with E-state index in [1.165, 1.54) is 12.8 Å². The van der Waals surface area contributed by atoms with E-state index >= 15 is 0 Å². The van der Waals surface area contributed by atoms with Crippen LogP contribution in [0.2, 0.25) is 0 Å². The molecule has 1 atom stereocenters. The van der Waals surface area contributed by atoms with E-state index in [9.17, 15) is 4.79 Å². The van der Waals surface area contributed by atoms with E-state index < -0.39 is 0 Å². The summed E-state index contributed by atoms with van der Waals surface area (Å²) in [6.45, 7) is 2.19. The second kappa shape index (κ2) is 6.99. The van der Waals surface area contributed by atoms with E-state index in [4.69, 9.17) is 9.26 Å². The molecule has 4 heterocycles. The van der Waals surface area contributed by atoms with Crippen molar-refractivity contribution in [3.8, 4) is 0 Å². The van der Waals surface area contributed by atoms with Gasteiger partial charge in [-0.15, -0.1) is 0 Å². The zero-order valence-corrected chi connectivity index (χ0v) is 16.3. The summed E-state index contributed by atoms with van der Waals surface area (Å²) in [4.78, 5) is 23.4. The summed E-state index contributed by atoms with van der Waals surface area (Å²) >= 11 is 0. The monoisotopic (exact) mass is 385 g/mol. The summed E-state index contributed by atoms with van der Waals surface area (Å²) < 4.78 is 13.5. The third kappa shape index (κ3) is 3.45. The van der Waals surface area contributed by atoms with Gasteiger partial charge in [0, 0.05) is 51.5 Å². The second-order valence-corrected chi connectivity index (χ2v) is 8.57. The first-order chi connectivity index (χ1) is 13.6. The molecule has 1 spiro atoms. The Kier molecular flexibility index (Phi) is 4.45. The van der Waals surface area contributed by atoms with E-state index in [0.29, 0.717) is 30.7 Å². The Morgan fingerprint density at radius 3 is 2.82 bits per heavy atom. The van der Waals surface area contributed by atoms with Gasteiger partial charge in [-0.05, 0) is 44.4 Å². The Balaban J connectivity index is 1.19. The molecule has 1 amide bonds. The number of hydrogen-bond acceptors (Lipinski definition) is 6. The Morgan fingerprint density at radius 2 is 2.11 bits per heavy atom. The Morgan fingerprint density at radius 1 is 1.29 bits per heavy atom. The minimum absolute atomic E-state index is 0.00757. The van der Waals surface area contributed by atoms with Crippen LogP contribution in [0, 0.1) is 5.92 Å². The molecule has 2 saturated heterocycles. The first kappa shape index (κ1) is 17.8. The molecule has 1 saturated carbocycles. The topological polar surface area (TPSA) is 86.3 Å². The summed E-state index contributed by atoms with van der Waals surface area (Å²) in [5, 5.41) is 4.14. The van der Waals surface area contributed by atoms with Crippen molar-refractivity contribution in [2.24, 2.45) is 13.0 Å². The standard InChI is InChI=1S/C20H27N5O3/c1-24-10-7-21-18(24)19(26)25-8-5-20(6-9-25)13-14(4-11-27-20)12-16-22-17(23-28-16)15-2-3-15/h7,10,14-15H,2-6,8-9,11-13H2,1H3. The largest absolute Gasteiger partial charge is 0.375 e. The van der Waals surface area contributed by atoms with Crippen molar-refractivity contribution in [3.05, 3.63) is 29.9 Å². The predicted molar refractivity (Wildman–Crippen MR) is 99.7 cm³/mol. The van der Waals surface area contributed by atoms with E-state index in [1.807, 2.05) is 11.9 Å². The number of amides is 1. The van der Waals surface area contributed by atoms with Gasteiger partial charge in [-0.3, -0.25) is 4.79 Å². The first-order valence-electron chi connectivity index (χ1n) is 10.3. The van der Waals surface area contributed by atoms with Crippen LogP contribution in [-0.4, -0.2) is 55.8 Å². The van der Waals surface area contributed by atoms with Gasteiger partial charge in [0.1, 0.15) is 0 Å². The number of aromatic nitrogens is 4. The lowest BCUT2D eigenvalue weighted by molar-refractivity contribution is -0.124. The summed E-state index contributed by atoms with van der Waals surface area (Å²) in [6.07, 6.45) is 10.4. The van der Waals surface area contributed by atoms with Crippen LogP contribution in [0.4, 0.5) is 0 Å². The normalized spacial score (nSPS) is 24.6. The number of likely N-dealkylation sites (tertiary alicyclic amines) is 1. The van der Waals surface area contributed by atoms with Gasteiger partial charge in [0.15, 0.2) is 11.6 Å². The molecule has 3 fully saturated rings. The van der Waals surface area contributed by atoms with Crippen molar-refractivity contribution in [1.29, 1.82) is 0 Å². The van der Waals surface area contributed by atoms with Crippen LogP contribution in [0.5, 0.6) is 0 Å². The zero-order chi connectivity index (χ0) is 19.1. The van der Waals surface area contributed by atoms with Crippen LogP contribution >= 0.6 is 0 Å². The average molecular weight is 385 g/mol. The number of aryl methyl sites for hydroxylation is 1. The molecule has 1 aliphatic carbocycles. The third-order valence-corrected chi connectivity index (χ3v) is 6.46. The number of piperidine rings is 1. The summed E-state index contributed by atoms with van der Waals surface area (Å²) in [5.41, 5.74) is -0.124. The quantitative estimate of drug-likeness (QED) is 0.803. The second-order valence-electron chi connectivity index (χ2n) is 8.57. The van der Waals surface area contributed by atoms with Crippen molar-refractivity contribution < 1.29 is 14.1 Å². The minimum atomic E-state index is -0.124. The van der Waals surface area contributed by atoms with Gasteiger partial charge in [-0.25, -0.2) is 4.98 Å². The van der Waals surface area contributed by atoms with Crippen molar-refractivity contribution >= 4 is 5.91 Å². The van der Waals surface area contributed by atoms with Crippen LogP contribution in [0.15, 0.2) is 16.9 Å². The highest BCUT2D eigenvalue weighted by Crippen LogP contribution is 2.40. The van der Waals surface area contributed by atoms with Gasteiger partial charge < -0.3 is 18.7 Å². The zero-order valence-electron chi connectivity index (χ0n) is 16.3. The van der Waals surface area contributed by atoms with Gasteiger partial charge in [0.2, 0.25) is 5.89 Å². The van der Waals surface area contributed by atoms with Crippen LogP contribution in [0.3, 0.4) is 0 Å². The van der Waals surface area contributed by atoms with Crippen LogP contribution in [0.25, 0.3) is 0 Å². The lowest BCUT2D eigenvalue weighted by Crippen LogP contribution is -2.51. The molecule has 0 N–H and O–H groups in total. The van der Waals surface area contributed by atoms with E-state index in [-0.39, 0.29) is 11.5 Å². The number of nitrogens with zero attached hydrogens (tertiary/aromatic N) is 5. The lowest BCUT2D eigenvalue weighted by Gasteiger charge is -2.46. The highest BCUT2D eigenvalue weighted by molar-refractivity contribution is 5.90. The Bertz CT molecular complexity index is 848. The van der Waals surface area contributed by atoms with Crippen molar-refractivity contribution in [2.45, 2.75) is 56.5 Å². The molecule has 8 heteroatoms. The van der Waals surface area contributed by atoms with Crippen molar-refractivity contribution in [3.63, 3.8) is 0 Å². The Hall–Kier alpha value is -2.22. The maximum Gasteiger partial charge on any atom is 0.289 e. The molecule has 150 valence electrons. The van der Waals surface area contributed by atoms with Crippen molar-refractivity contribution in [2.75, 3.05) is 19.7 Å². The smallest absolute Gasteiger partial charge is 0.289 e. The van der Waals surface area contributed by atoms with E-state index in [0.717, 1.165) is 50.4 Å². The minimum Gasteiger partial charge on any atom is -0.375 e. The molecule has 3 aliphatic rings. The number of hydrogen-bond donors (Lipinski definition) is 0. The molecular weight excluding hydrogens is 358 g/mol. The van der Waals surface area contributed by atoms with Gasteiger partial charge in [-0.1, -0.05) is 5.16 Å². The molecule has 5 rings (SSSR count). The molecule has 0 aromatic carbocycles. The summed E-state index contributed by atoms with van der Waals surface area (Å²) in [5.74, 6) is 3.19. The number of carbonyl (C=O) groups is 1. The molecule has 28 heavy (non-hydrogen) atoms. The summed E-state index contributed by atoms with van der Waals surface area (Å²) in [7, 11) is 1.85. The molecule has 2 aliphatic heterocycles. The van der Waals surface area contributed by atoms with Crippen LogP contribution < -0.4 is 0 Å². The average Bonchev–Trinajstić information content (AvgIpc) is 3.30. The molecule has 8 nitrogen and oxygen atoms in total. The predicted octanol–water partition coefficient (Wildman–Crippen LogP) is 2.32. The molecule has 2 aromatic rings. The molecule has 1 unspecified atom stereocenters. The molecule has 0 bridgehead atoms. The SMILES string of the molecule is Cn1ccnc1C(=O)N1CCC2(CC1)CC(Cc1nc(C3CC3)no1)CCO2. The lowest BCUT2D eigenvalue weighted by atomic mass is 9.78. The number of imidazole rings is 1. The fourth-order valence-corrected chi connectivity index (χ4v) is 4.59. The summed E-state index contributed by atoms with van der Waals surface area (Å²) in [6, 6.07) is 0. The Labute approximate surface area is 164 Å². The van der Waals surface area contributed by atoms with Crippen molar-refractivity contribution in [1.82, 2.24) is 24.6 Å². The van der Waals surface area contributed by atoms with Crippen LogP contribution in [0.1, 0.15) is 66.8 Å². The maximum atomic E-state index is 12.7.